The zero-order valence-corrected chi connectivity index (χ0v) is 9.92. The van der Waals surface area contributed by atoms with Crippen LogP contribution in [0, 0.1) is 0 Å². The van der Waals surface area contributed by atoms with E-state index < -0.39 is 0 Å². The number of hydrogen-bond donors (Lipinski definition) is 1. The highest BCUT2D eigenvalue weighted by Crippen LogP contribution is 2.21. The van der Waals surface area contributed by atoms with Crippen LogP contribution in [-0.4, -0.2) is 26.5 Å². The van der Waals surface area contributed by atoms with Gasteiger partial charge < -0.3 is 9.72 Å². The third kappa shape index (κ3) is 1.90. The zero-order valence-electron chi connectivity index (χ0n) is 9.92. The molecule has 1 N–H and O–H groups in total. The van der Waals surface area contributed by atoms with Crippen molar-refractivity contribution in [3.05, 3.63) is 36.7 Å². The number of fused-ring (bicyclic) bond motifs is 1. The Morgan fingerprint density at radius 1 is 1.11 bits per heavy atom. The van der Waals surface area contributed by atoms with Crippen molar-refractivity contribution in [1.29, 1.82) is 0 Å². The summed E-state index contributed by atoms with van der Waals surface area (Å²) in [6.07, 6.45) is 3.27. The summed E-state index contributed by atoms with van der Waals surface area (Å²) in [7, 11) is 0. The first-order valence-corrected chi connectivity index (χ1v) is 5.77. The maximum Gasteiger partial charge on any atom is 0.197 e. The number of nitrogens with one attached hydrogen (secondary N) is 1. The molecular weight excluding hydrogens is 228 g/mol. The Labute approximate surface area is 104 Å². The summed E-state index contributed by atoms with van der Waals surface area (Å²) in [5.41, 5.74) is 2.31. The van der Waals surface area contributed by atoms with Gasteiger partial charge in [-0.05, 0) is 31.2 Å². The quantitative estimate of drug-likeness (QED) is 0.763. The van der Waals surface area contributed by atoms with Crippen LogP contribution in [0.5, 0.6) is 5.75 Å². The summed E-state index contributed by atoms with van der Waals surface area (Å²) >= 11 is 0. The number of nitrogens with zero attached hydrogens (tertiary/aromatic N) is 3. The Kier molecular flexibility index (Phi) is 2.64. The number of imidazole rings is 1. The fourth-order valence-corrected chi connectivity index (χ4v) is 1.76. The monoisotopic (exact) mass is 240 g/mol. The number of rotatable bonds is 3. The minimum Gasteiger partial charge on any atom is -0.494 e. The normalized spacial score (nSPS) is 10.7. The molecule has 0 spiro atoms. The molecule has 2 aromatic heterocycles. The van der Waals surface area contributed by atoms with E-state index in [1.165, 1.54) is 0 Å². The molecule has 0 atom stereocenters. The van der Waals surface area contributed by atoms with Crippen LogP contribution in [0.1, 0.15) is 6.92 Å². The molecule has 0 aliphatic rings. The van der Waals surface area contributed by atoms with E-state index >= 15 is 0 Å². The van der Waals surface area contributed by atoms with Gasteiger partial charge in [-0.3, -0.25) is 0 Å². The standard InChI is InChI=1S/C13H12N4O/c1-2-18-10-5-3-9(4-6-10)11-16-12-13(17-11)15-8-7-14-12/h3-8H,2H2,1H3,(H,14,15,16,17). The SMILES string of the molecule is CCOc1ccc(-c2nc3nccnc3[nH]2)cc1. The Balaban J connectivity index is 1.98. The molecule has 0 aliphatic carbocycles. The second kappa shape index (κ2) is 4.44. The summed E-state index contributed by atoms with van der Waals surface area (Å²) in [4.78, 5) is 15.8. The number of benzene rings is 1. The molecule has 0 saturated heterocycles. The van der Waals surface area contributed by atoms with E-state index in [-0.39, 0.29) is 0 Å². The maximum atomic E-state index is 5.40. The lowest BCUT2D eigenvalue weighted by atomic mass is 10.2. The highest BCUT2D eigenvalue weighted by Gasteiger charge is 2.06. The van der Waals surface area contributed by atoms with Gasteiger partial charge in [0, 0.05) is 18.0 Å². The van der Waals surface area contributed by atoms with E-state index in [9.17, 15) is 0 Å². The molecule has 5 nitrogen and oxygen atoms in total. The van der Waals surface area contributed by atoms with Gasteiger partial charge in [-0.15, -0.1) is 0 Å². The number of aromatic amines is 1. The molecule has 0 aliphatic heterocycles. The molecule has 1 aromatic carbocycles. The van der Waals surface area contributed by atoms with E-state index in [0.29, 0.717) is 17.9 Å². The third-order valence-corrected chi connectivity index (χ3v) is 2.57. The Hall–Kier alpha value is -2.43. The first-order chi connectivity index (χ1) is 8.86. The molecule has 2 heterocycles. The van der Waals surface area contributed by atoms with Crippen molar-refractivity contribution in [1.82, 2.24) is 19.9 Å². The highest BCUT2D eigenvalue weighted by atomic mass is 16.5. The van der Waals surface area contributed by atoms with Gasteiger partial charge in [0.25, 0.3) is 0 Å². The molecule has 0 amide bonds. The zero-order chi connectivity index (χ0) is 12.4. The van der Waals surface area contributed by atoms with E-state index in [1.807, 2.05) is 31.2 Å². The number of ether oxygens (including phenoxy) is 1. The van der Waals surface area contributed by atoms with Crippen LogP contribution in [0.2, 0.25) is 0 Å². The lowest BCUT2D eigenvalue weighted by Crippen LogP contribution is -1.90. The Morgan fingerprint density at radius 3 is 2.61 bits per heavy atom. The van der Waals surface area contributed by atoms with Crippen LogP contribution in [0.4, 0.5) is 0 Å². The van der Waals surface area contributed by atoms with Crippen LogP contribution >= 0.6 is 0 Å². The molecule has 0 fully saturated rings. The van der Waals surface area contributed by atoms with Gasteiger partial charge in [0.15, 0.2) is 11.3 Å². The molecule has 0 saturated carbocycles. The molecule has 0 radical (unpaired) electrons. The Morgan fingerprint density at radius 2 is 1.89 bits per heavy atom. The van der Waals surface area contributed by atoms with E-state index in [2.05, 4.69) is 19.9 Å². The summed E-state index contributed by atoms with van der Waals surface area (Å²) in [6, 6.07) is 7.77. The van der Waals surface area contributed by atoms with Crippen LogP contribution in [0.15, 0.2) is 36.7 Å². The van der Waals surface area contributed by atoms with Crippen molar-refractivity contribution >= 4 is 11.3 Å². The predicted molar refractivity (Wildman–Crippen MR) is 68.3 cm³/mol. The first kappa shape index (κ1) is 10.7. The topological polar surface area (TPSA) is 63.7 Å². The second-order valence-electron chi connectivity index (χ2n) is 3.77. The lowest BCUT2D eigenvalue weighted by Gasteiger charge is -2.02. The van der Waals surface area contributed by atoms with Gasteiger partial charge in [0.1, 0.15) is 11.6 Å². The van der Waals surface area contributed by atoms with Crippen LogP contribution in [0.25, 0.3) is 22.7 Å². The molecular formula is C13H12N4O. The van der Waals surface area contributed by atoms with E-state index in [1.54, 1.807) is 12.4 Å². The molecule has 3 aromatic rings. The van der Waals surface area contributed by atoms with Crippen molar-refractivity contribution < 1.29 is 4.74 Å². The highest BCUT2D eigenvalue weighted by molar-refractivity contribution is 5.71. The molecule has 5 heteroatoms. The average molecular weight is 240 g/mol. The molecule has 3 rings (SSSR count). The van der Waals surface area contributed by atoms with Crippen molar-refractivity contribution in [2.75, 3.05) is 6.61 Å². The average Bonchev–Trinajstić information content (AvgIpc) is 2.84. The van der Waals surface area contributed by atoms with Gasteiger partial charge in [-0.1, -0.05) is 0 Å². The van der Waals surface area contributed by atoms with Crippen LogP contribution < -0.4 is 4.74 Å². The summed E-state index contributed by atoms with van der Waals surface area (Å²) in [5.74, 6) is 1.62. The molecule has 0 unspecified atom stereocenters. The Bertz CT molecular complexity index is 627. The van der Waals surface area contributed by atoms with Crippen molar-refractivity contribution in [2.24, 2.45) is 0 Å². The summed E-state index contributed by atoms with van der Waals surface area (Å²) < 4.78 is 5.40. The minimum absolute atomic E-state index is 0.626. The van der Waals surface area contributed by atoms with Gasteiger partial charge in [-0.25, -0.2) is 15.0 Å². The fourth-order valence-electron chi connectivity index (χ4n) is 1.76. The third-order valence-electron chi connectivity index (χ3n) is 2.57. The molecule has 90 valence electrons. The van der Waals surface area contributed by atoms with Crippen LogP contribution in [0.3, 0.4) is 0 Å². The summed E-state index contributed by atoms with van der Waals surface area (Å²) in [5, 5.41) is 0. The van der Waals surface area contributed by atoms with Crippen molar-refractivity contribution in [2.45, 2.75) is 6.92 Å². The first-order valence-electron chi connectivity index (χ1n) is 5.77. The number of aromatic nitrogens is 4. The maximum absolute atomic E-state index is 5.40. The largest absolute Gasteiger partial charge is 0.494 e. The summed E-state index contributed by atoms with van der Waals surface area (Å²) in [6.45, 7) is 2.63. The minimum atomic E-state index is 0.626. The van der Waals surface area contributed by atoms with Gasteiger partial charge in [0.05, 0.1) is 6.61 Å². The number of H-pyrrole nitrogens is 1. The van der Waals surface area contributed by atoms with Gasteiger partial charge in [0.2, 0.25) is 0 Å². The predicted octanol–water partition coefficient (Wildman–Crippen LogP) is 2.42. The van der Waals surface area contributed by atoms with Gasteiger partial charge >= 0.3 is 0 Å². The van der Waals surface area contributed by atoms with Crippen molar-refractivity contribution in [3.8, 4) is 17.1 Å². The van der Waals surface area contributed by atoms with Crippen LogP contribution in [-0.2, 0) is 0 Å². The fraction of sp³-hybridized carbons (Fsp3) is 0.154. The van der Waals surface area contributed by atoms with Crippen molar-refractivity contribution in [3.63, 3.8) is 0 Å². The molecule has 18 heavy (non-hydrogen) atoms. The van der Waals surface area contributed by atoms with E-state index in [0.717, 1.165) is 17.1 Å². The van der Waals surface area contributed by atoms with Gasteiger partial charge in [-0.2, -0.15) is 0 Å². The smallest absolute Gasteiger partial charge is 0.197 e. The lowest BCUT2D eigenvalue weighted by molar-refractivity contribution is 0.340. The number of hydrogen-bond acceptors (Lipinski definition) is 4. The molecule has 0 bridgehead atoms. The second-order valence-corrected chi connectivity index (χ2v) is 3.77. The van der Waals surface area contributed by atoms with E-state index in [4.69, 9.17) is 4.74 Å².